The Labute approximate surface area is 168 Å². The predicted octanol–water partition coefficient (Wildman–Crippen LogP) is 2.57. The first-order valence-electron chi connectivity index (χ1n) is 9.39. The van der Waals surface area contributed by atoms with Crippen LogP contribution >= 0.6 is 0 Å². The summed E-state index contributed by atoms with van der Waals surface area (Å²) in [7, 11) is 3.11. The average molecular weight is 396 g/mol. The van der Waals surface area contributed by atoms with Crippen LogP contribution in [0, 0.1) is 5.41 Å². The highest BCUT2D eigenvalue weighted by molar-refractivity contribution is 6.01. The molecule has 152 valence electrons. The largest absolute Gasteiger partial charge is 0.493 e. The van der Waals surface area contributed by atoms with Crippen molar-refractivity contribution < 1.29 is 14.3 Å². The van der Waals surface area contributed by atoms with Gasteiger partial charge >= 0.3 is 0 Å². The number of benzene rings is 1. The van der Waals surface area contributed by atoms with Crippen LogP contribution in [0.3, 0.4) is 0 Å². The summed E-state index contributed by atoms with van der Waals surface area (Å²) in [4.78, 5) is 32.9. The van der Waals surface area contributed by atoms with Crippen LogP contribution in [0.4, 0.5) is 11.8 Å². The Bertz CT molecular complexity index is 1100. The highest BCUT2D eigenvalue weighted by Crippen LogP contribution is 2.48. The van der Waals surface area contributed by atoms with Crippen LogP contribution in [0.2, 0.25) is 0 Å². The summed E-state index contributed by atoms with van der Waals surface area (Å²) in [5.74, 6) is 0.954. The number of carbonyl (C=O) groups excluding carboxylic acids is 1. The monoisotopic (exact) mass is 396 g/mol. The number of aromatic amines is 1. The Morgan fingerprint density at radius 2 is 1.86 bits per heavy atom. The van der Waals surface area contributed by atoms with E-state index in [4.69, 9.17) is 15.2 Å². The SMILES string of the molecule is COc1ccc([C@@H]2C3=C(CC(C)(C)CC3=O)Nc3nc(N)[nH]c(=O)c32)cc1OC. The number of ether oxygens (including phenoxy) is 2. The zero-order chi connectivity index (χ0) is 20.9. The van der Waals surface area contributed by atoms with Gasteiger partial charge in [-0.05, 0) is 29.5 Å². The molecule has 0 bridgehead atoms. The topological polar surface area (TPSA) is 119 Å². The smallest absolute Gasteiger partial charge is 0.258 e. The number of methoxy groups -OCH3 is 2. The van der Waals surface area contributed by atoms with Crippen molar-refractivity contribution in [2.24, 2.45) is 5.41 Å². The van der Waals surface area contributed by atoms with Gasteiger partial charge in [-0.15, -0.1) is 0 Å². The van der Waals surface area contributed by atoms with Crippen molar-refractivity contribution in [2.75, 3.05) is 25.3 Å². The highest BCUT2D eigenvalue weighted by atomic mass is 16.5. The summed E-state index contributed by atoms with van der Waals surface area (Å²) in [6, 6.07) is 5.41. The van der Waals surface area contributed by atoms with E-state index in [0.717, 1.165) is 11.3 Å². The normalized spacial score (nSPS) is 19.9. The molecule has 2 heterocycles. The van der Waals surface area contributed by atoms with Gasteiger partial charge in [-0.2, -0.15) is 4.98 Å². The molecule has 1 aliphatic carbocycles. The highest BCUT2D eigenvalue weighted by Gasteiger charge is 2.42. The standard InChI is InChI=1S/C21H24N4O4/c1-21(2)8-11-16(12(26)9-21)15(10-5-6-13(28-3)14(7-10)29-4)17-18(23-11)24-20(22)25-19(17)27/h5-7,15H,8-9H2,1-4H3,(H4,22,23,24,25,27)/t15-/m1/s1. The molecule has 1 aromatic carbocycles. The number of nitrogens with one attached hydrogen (secondary N) is 2. The second-order valence-corrected chi connectivity index (χ2v) is 8.22. The minimum Gasteiger partial charge on any atom is -0.493 e. The zero-order valence-corrected chi connectivity index (χ0v) is 16.9. The quantitative estimate of drug-likeness (QED) is 0.729. The van der Waals surface area contributed by atoms with Gasteiger partial charge in [-0.1, -0.05) is 19.9 Å². The van der Waals surface area contributed by atoms with Crippen LogP contribution in [0.25, 0.3) is 0 Å². The van der Waals surface area contributed by atoms with Gasteiger partial charge < -0.3 is 20.5 Å². The number of ketones is 1. The molecule has 0 fully saturated rings. The number of anilines is 2. The van der Waals surface area contributed by atoms with Crippen molar-refractivity contribution >= 4 is 17.5 Å². The number of nitrogens with two attached hydrogens (primary N) is 1. The van der Waals surface area contributed by atoms with Gasteiger partial charge in [0.25, 0.3) is 5.56 Å². The molecule has 1 atom stereocenters. The molecule has 0 saturated carbocycles. The summed E-state index contributed by atoms with van der Waals surface area (Å²) in [6.45, 7) is 4.10. The first kappa shape index (κ1) is 19.0. The van der Waals surface area contributed by atoms with Crippen LogP contribution in [0.5, 0.6) is 11.5 Å². The molecule has 0 amide bonds. The van der Waals surface area contributed by atoms with Gasteiger partial charge in [0.2, 0.25) is 5.95 Å². The van der Waals surface area contributed by atoms with E-state index < -0.39 is 5.92 Å². The third kappa shape index (κ3) is 3.14. The Hall–Kier alpha value is -3.29. The lowest BCUT2D eigenvalue weighted by Gasteiger charge is -2.38. The van der Waals surface area contributed by atoms with Crippen LogP contribution in [-0.2, 0) is 4.79 Å². The fourth-order valence-electron chi connectivity index (χ4n) is 4.30. The van der Waals surface area contributed by atoms with Crippen LogP contribution in [-0.4, -0.2) is 30.0 Å². The predicted molar refractivity (Wildman–Crippen MR) is 109 cm³/mol. The second-order valence-electron chi connectivity index (χ2n) is 8.22. The number of hydrogen-bond donors (Lipinski definition) is 3. The van der Waals surface area contributed by atoms with Gasteiger partial charge in [-0.3, -0.25) is 14.6 Å². The second kappa shape index (κ2) is 6.65. The lowest BCUT2D eigenvalue weighted by atomic mass is 9.69. The minimum atomic E-state index is -0.568. The van der Waals surface area contributed by atoms with E-state index in [1.165, 1.54) is 0 Å². The summed E-state index contributed by atoms with van der Waals surface area (Å²) >= 11 is 0. The maximum absolute atomic E-state index is 13.2. The molecule has 2 aliphatic rings. The van der Waals surface area contributed by atoms with Crippen molar-refractivity contribution in [3.8, 4) is 11.5 Å². The zero-order valence-electron chi connectivity index (χ0n) is 16.9. The lowest BCUT2D eigenvalue weighted by Crippen LogP contribution is -2.37. The third-order valence-electron chi connectivity index (χ3n) is 5.48. The van der Waals surface area contributed by atoms with Crippen molar-refractivity contribution in [1.82, 2.24) is 9.97 Å². The molecular weight excluding hydrogens is 372 g/mol. The molecule has 29 heavy (non-hydrogen) atoms. The van der Waals surface area contributed by atoms with Crippen molar-refractivity contribution in [2.45, 2.75) is 32.6 Å². The lowest BCUT2D eigenvalue weighted by molar-refractivity contribution is -0.118. The molecular formula is C21H24N4O4. The fraction of sp³-hybridized carbons (Fsp3) is 0.381. The number of fused-ring (bicyclic) bond motifs is 1. The van der Waals surface area contributed by atoms with Gasteiger partial charge in [0.1, 0.15) is 5.82 Å². The first-order chi connectivity index (χ1) is 13.7. The number of allylic oxidation sites excluding steroid dienone is 2. The summed E-state index contributed by atoms with van der Waals surface area (Å²) in [6.07, 6.45) is 1.08. The molecule has 0 radical (unpaired) electrons. The Kier molecular flexibility index (Phi) is 4.37. The van der Waals surface area contributed by atoms with Crippen molar-refractivity contribution in [1.29, 1.82) is 0 Å². The molecule has 0 unspecified atom stereocenters. The van der Waals surface area contributed by atoms with E-state index in [1.54, 1.807) is 26.4 Å². The van der Waals surface area contributed by atoms with Gasteiger partial charge in [-0.25, -0.2) is 0 Å². The molecule has 2 aromatic rings. The summed E-state index contributed by atoms with van der Waals surface area (Å²) < 4.78 is 10.8. The number of carbonyl (C=O) groups is 1. The van der Waals surface area contributed by atoms with E-state index >= 15 is 0 Å². The third-order valence-corrected chi connectivity index (χ3v) is 5.48. The Morgan fingerprint density at radius 1 is 1.14 bits per heavy atom. The molecule has 0 saturated heterocycles. The Morgan fingerprint density at radius 3 is 2.55 bits per heavy atom. The molecule has 1 aliphatic heterocycles. The van der Waals surface area contributed by atoms with E-state index in [-0.39, 0.29) is 22.7 Å². The van der Waals surface area contributed by atoms with Crippen molar-refractivity contribution in [3.63, 3.8) is 0 Å². The molecule has 8 heteroatoms. The summed E-state index contributed by atoms with van der Waals surface area (Å²) in [5, 5.41) is 3.21. The molecule has 1 aromatic heterocycles. The average Bonchev–Trinajstić information content (AvgIpc) is 2.64. The van der Waals surface area contributed by atoms with Crippen LogP contribution in [0.1, 0.15) is 43.7 Å². The van der Waals surface area contributed by atoms with Gasteiger partial charge in [0.15, 0.2) is 17.3 Å². The maximum Gasteiger partial charge on any atom is 0.258 e. The number of nitrogens with zero attached hydrogens (tertiary/aromatic N) is 1. The number of hydrogen-bond acceptors (Lipinski definition) is 7. The first-order valence-corrected chi connectivity index (χ1v) is 9.39. The van der Waals surface area contributed by atoms with Crippen LogP contribution < -0.4 is 26.1 Å². The van der Waals surface area contributed by atoms with Crippen molar-refractivity contribution in [3.05, 3.63) is 50.9 Å². The number of H-pyrrole nitrogens is 1. The molecule has 4 N–H and O–H groups in total. The molecule has 8 nitrogen and oxygen atoms in total. The summed E-state index contributed by atoms with van der Waals surface area (Å²) in [5.41, 5.74) is 7.73. The van der Waals surface area contributed by atoms with Gasteiger partial charge in [0, 0.05) is 23.6 Å². The number of rotatable bonds is 3. The maximum atomic E-state index is 13.2. The van der Waals surface area contributed by atoms with E-state index in [2.05, 4.69) is 29.1 Å². The van der Waals surface area contributed by atoms with Gasteiger partial charge in [0.05, 0.1) is 19.8 Å². The number of aromatic nitrogens is 2. The van der Waals surface area contributed by atoms with Crippen LogP contribution in [0.15, 0.2) is 34.3 Å². The number of nitrogen functional groups attached to an aromatic ring is 1. The fourth-order valence-corrected chi connectivity index (χ4v) is 4.30. The van der Waals surface area contributed by atoms with E-state index in [9.17, 15) is 9.59 Å². The van der Waals surface area contributed by atoms with E-state index in [0.29, 0.717) is 41.3 Å². The van der Waals surface area contributed by atoms with E-state index in [1.807, 2.05) is 6.07 Å². The Balaban J connectivity index is 1.98. The number of Topliss-reactive ketones (excluding diaryl/α,β-unsaturated/α-hetero) is 1. The molecule has 4 rings (SSSR count). The molecule has 0 spiro atoms. The minimum absolute atomic E-state index is 0.0189.